The van der Waals surface area contributed by atoms with E-state index in [2.05, 4.69) is 20.8 Å². The molecule has 1 N–H and O–H groups in total. The highest BCUT2D eigenvalue weighted by Crippen LogP contribution is 2.36. The number of carbonyl (C=O) groups excluding carboxylic acids is 2. The molecule has 0 saturated heterocycles. The van der Waals surface area contributed by atoms with Crippen LogP contribution >= 0.6 is 0 Å². The van der Waals surface area contributed by atoms with E-state index in [9.17, 15) is 9.59 Å². The van der Waals surface area contributed by atoms with Gasteiger partial charge in [-0.2, -0.15) is 4.68 Å². The number of methoxy groups -OCH3 is 1. The number of esters is 1. The fraction of sp³-hybridized carbons (Fsp3) is 0.133. The maximum absolute atomic E-state index is 13.0. The van der Waals surface area contributed by atoms with Crippen LogP contribution in [0.4, 0.5) is 5.95 Å². The summed E-state index contributed by atoms with van der Waals surface area (Å²) < 4.78 is 16.8. The molecule has 0 saturated carbocycles. The molecule has 1 atom stereocenters. The van der Waals surface area contributed by atoms with Crippen LogP contribution in [0.1, 0.15) is 22.4 Å². The average molecular weight is 341 g/mol. The monoisotopic (exact) mass is 341 g/mol. The number of nitrogens with zero attached hydrogens (tertiary/aromatic N) is 4. The van der Waals surface area contributed by atoms with E-state index in [1.807, 2.05) is 0 Å². The van der Waals surface area contributed by atoms with Crippen molar-refractivity contribution in [3.8, 4) is 0 Å². The summed E-state index contributed by atoms with van der Waals surface area (Å²) in [6, 6.07) is 5.54. The molecule has 4 heterocycles. The number of allylic oxidation sites excluding steroid dienone is 1. The van der Waals surface area contributed by atoms with Crippen molar-refractivity contribution >= 4 is 17.7 Å². The van der Waals surface area contributed by atoms with E-state index in [0.29, 0.717) is 5.76 Å². The smallest absolute Gasteiger partial charge is 0.355 e. The van der Waals surface area contributed by atoms with Gasteiger partial charge in [0.25, 0.3) is 0 Å². The van der Waals surface area contributed by atoms with Gasteiger partial charge in [0.1, 0.15) is 17.5 Å². The van der Waals surface area contributed by atoms with E-state index in [0.717, 1.165) is 0 Å². The Morgan fingerprint density at radius 1 is 1.24 bits per heavy atom. The van der Waals surface area contributed by atoms with Crippen LogP contribution < -0.4 is 5.32 Å². The SMILES string of the molecule is COC(=O)C1=C(C(=O)c2ccco2)[C@H](c2ccco2)n2nnnc2N1. The van der Waals surface area contributed by atoms with Crippen LogP contribution in [0, 0.1) is 0 Å². The number of ketones is 1. The lowest BCUT2D eigenvalue weighted by Gasteiger charge is -2.25. The zero-order chi connectivity index (χ0) is 17.4. The number of Topliss-reactive ketones (excluding diaryl/α,β-unsaturated/α-hetero) is 1. The second kappa shape index (κ2) is 5.74. The van der Waals surface area contributed by atoms with E-state index in [4.69, 9.17) is 13.6 Å². The van der Waals surface area contributed by atoms with Gasteiger partial charge in [-0.15, -0.1) is 0 Å². The molecule has 126 valence electrons. The van der Waals surface area contributed by atoms with Crippen LogP contribution in [0.15, 0.2) is 56.9 Å². The fourth-order valence-electron chi connectivity index (χ4n) is 2.64. The third-order valence-corrected chi connectivity index (χ3v) is 3.71. The van der Waals surface area contributed by atoms with Crippen molar-refractivity contribution in [3.05, 3.63) is 59.6 Å². The number of furan rings is 2. The van der Waals surface area contributed by atoms with Gasteiger partial charge in [0.2, 0.25) is 11.7 Å². The topological polar surface area (TPSA) is 125 Å². The van der Waals surface area contributed by atoms with Gasteiger partial charge in [-0.25, -0.2) is 4.79 Å². The Balaban J connectivity index is 1.95. The van der Waals surface area contributed by atoms with Gasteiger partial charge in [-0.05, 0) is 34.7 Å². The van der Waals surface area contributed by atoms with Gasteiger partial charge in [0, 0.05) is 0 Å². The minimum absolute atomic E-state index is 0.0524. The van der Waals surface area contributed by atoms with Crippen molar-refractivity contribution in [2.24, 2.45) is 0 Å². The van der Waals surface area contributed by atoms with Crippen LogP contribution in [0.2, 0.25) is 0 Å². The summed E-state index contributed by atoms with van der Waals surface area (Å²) in [5.41, 5.74) is -0.0239. The summed E-state index contributed by atoms with van der Waals surface area (Å²) in [4.78, 5) is 25.3. The lowest BCUT2D eigenvalue weighted by Crippen LogP contribution is -2.32. The molecule has 10 nitrogen and oxygen atoms in total. The van der Waals surface area contributed by atoms with Crippen molar-refractivity contribution in [1.82, 2.24) is 20.2 Å². The second-order valence-corrected chi connectivity index (χ2v) is 5.08. The Hall–Kier alpha value is -3.69. The molecule has 0 bridgehead atoms. The zero-order valence-electron chi connectivity index (χ0n) is 12.9. The predicted molar refractivity (Wildman–Crippen MR) is 80.4 cm³/mol. The number of fused-ring (bicyclic) bond motifs is 1. The molecule has 0 aliphatic carbocycles. The standard InChI is InChI=1S/C15H11N5O5/c1-23-14(22)11-10(13(21)9-5-3-7-25-9)12(8-4-2-6-24-8)20-15(16-11)17-18-19-20/h2-7,12H,1H3,(H,16,17,19)/t12-/m0/s1. The molecule has 0 amide bonds. The van der Waals surface area contributed by atoms with Crippen molar-refractivity contribution in [2.75, 3.05) is 12.4 Å². The summed E-state index contributed by atoms with van der Waals surface area (Å²) in [6.45, 7) is 0. The average Bonchev–Trinajstić information content (AvgIpc) is 3.40. The summed E-state index contributed by atoms with van der Waals surface area (Å²) >= 11 is 0. The zero-order valence-corrected chi connectivity index (χ0v) is 12.9. The molecule has 3 aromatic rings. The number of carbonyl (C=O) groups is 2. The Morgan fingerprint density at radius 3 is 2.72 bits per heavy atom. The first-order valence-corrected chi connectivity index (χ1v) is 7.19. The Kier molecular flexibility index (Phi) is 3.42. The Labute approximate surface area is 140 Å². The number of hydrogen-bond donors (Lipinski definition) is 1. The molecule has 1 aliphatic heterocycles. The third kappa shape index (κ3) is 2.31. The number of anilines is 1. The van der Waals surface area contributed by atoms with Crippen molar-refractivity contribution < 1.29 is 23.2 Å². The number of nitrogens with one attached hydrogen (secondary N) is 1. The summed E-state index contributed by atoms with van der Waals surface area (Å²) in [7, 11) is 1.21. The Morgan fingerprint density at radius 2 is 2.04 bits per heavy atom. The molecule has 3 aromatic heterocycles. The number of aromatic nitrogens is 4. The van der Waals surface area contributed by atoms with Crippen molar-refractivity contribution in [2.45, 2.75) is 6.04 Å². The second-order valence-electron chi connectivity index (χ2n) is 5.08. The molecular formula is C15H11N5O5. The van der Waals surface area contributed by atoms with Gasteiger partial charge < -0.3 is 18.9 Å². The van der Waals surface area contributed by atoms with E-state index < -0.39 is 17.8 Å². The maximum Gasteiger partial charge on any atom is 0.355 e. The summed E-state index contributed by atoms with van der Waals surface area (Å²) in [5, 5.41) is 14.0. The molecule has 0 aromatic carbocycles. The quantitative estimate of drug-likeness (QED) is 0.550. The predicted octanol–water partition coefficient (Wildman–Crippen LogP) is 1.18. The lowest BCUT2D eigenvalue weighted by atomic mass is 9.95. The molecule has 1 aliphatic rings. The van der Waals surface area contributed by atoms with E-state index >= 15 is 0 Å². The highest BCUT2D eigenvalue weighted by Gasteiger charge is 2.40. The molecule has 0 fully saturated rings. The highest BCUT2D eigenvalue weighted by atomic mass is 16.5. The first-order valence-electron chi connectivity index (χ1n) is 7.19. The lowest BCUT2D eigenvalue weighted by molar-refractivity contribution is -0.136. The Bertz CT molecular complexity index is 955. The summed E-state index contributed by atoms with van der Waals surface area (Å²) in [6.07, 6.45) is 2.82. The van der Waals surface area contributed by atoms with Crippen molar-refractivity contribution in [1.29, 1.82) is 0 Å². The molecule has 25 heavy (non-hydrogen) atoms. The van der Waals surface area contributed by atoms with E-state index in [1.54, 1.807) is 18.2 Å². The van der Waals surface area contributed by atoms with Crippen LogP contribution in [-0.4, -0.2) is 39.1 Å². The first kappa shape index (κ1) is 14.9. The fourth-order valence-corrected chi connectivity index (χ4v) is 2.64. The van der Waals surface area contributed by atoms with E-state index in [1.165, 1.54) is 30.4 Å². The van der Waals surface area contributed by atoms with Gasteiger partial charge in [-0.1, -0.05) is 5.10 Å². The number of ether oxygens (including phenoxy) is 1. The molecule has 0 unspecified atom stereocenters. The highest BCUT2D eigenvalue weighted by molar-refractivity contribution is 6.13. The van der Waals surface area contributed by atoms with Gasteiger partial charge in [-0.3, -0.25) is 4.79 Å². The molecule has 10 heteroatoms. The van der Waals surface area contributed by atoms with Gasteiger partial charge in [0.05, 0.1) is 25.2 Å². The minimum atomic E-state index is -0.854. The number of hydrogen-bond acceptors (Lipinski definition) is 9. The van der Waals surface area contributed by atoms with Gasteiger partial charge in [0.15, 0.2) is 5.76 Å². The number of tetrazole rings is 1. The maximum atomic E-state index is 13.0. The minimum Gasteiger partial charge on any atom is -0.467 e. The molecule has 0 radical (unpaired) electrons. The largest absolute Gasteiger partial charge is 0.467 e. The van der Waals surface area contributed by atoms with Crippen LogP contribution in [-0.2, 0) is 9.53 Å². The number of rotatable bonds is 4. The normalized spacial score (nSPS) is 16.3. The van der Waals surface area contributed by atoms with Crippen LogP contribution in [0.5, 0.6) is 0 Å². The van der Waals surface area contributed by atoms with Crippen LogP contribution in [0.25, 0.3) is 0 Å². The summed E-state index contributed by atoms with van der Waals surface area (Å²) in [5.74, 6) is -0.628. The van der Waals surface area contributed by atoms with Crippen molar-refractivity contribution in [3.63, 3.8) is 0 Å². The first-order chi connectivity index (χ1) is 12.2. The molecule has 4 rings (SSSR count). The molecule has 0 spiro atoms. The van der Waals surface area contributed by atoms with Gasteiger partial charge >= 0.3 is 5.97 Å². The third-order valence-electron chi connectivity index (χ3n) is 3.71. The van der Waals surface area contributed by atoms with Crippen LogP contribution in [0.3, 0.4) is 0 Å². The molecular weight excluding hydrogens is 330 g/mol. The van der Waals surface area contributed by atoms with E-state index in [-0.39, 0.29) is 23.0 Å².